The fourth-order valence-corrected chi connectivity index (χ4v) is 1.13. The maximum Gasteiger partial charge on any atom is 0.191 e. The van der Waals surface area contributed by atoms with Crippen molar-refractivity contribution >= 4 is 5.96 Å². The summed E-state index contributed by atoms with van der Waals surface area (Å²) in [5.74, 6) is 1.39. The Balaban J connectivity index is 2.35. The molecule has 1 heterocycles. The third kappa shape index (κ3) is 1.62. The third-order valence-corrected chi connectivity index (χ3v) is 1.55. The van der Waals surface area contributed by atoms with Gasteiger partial charge in [-0.25, -0.2) is 0 Å². The van der Waals surface area contributed by atoms with Crippen LogP contribution in [-0.4, -0.2) is 30.5 Å². The van der Waals surface area contributed by atoms with Gasteiger partial charge < -0.3 is 10.6 Å². The Morgan fingerprint density at radius 2 is 2.40 bits per heavy atom. The van der Waals surface area contributed by atoms with Gasteiger partial charge in [0.2, 0.25) is 0 Å². The van der Waals surface area contributed by atoms with Gasteiger partial charge >= 0.3 is 0 Å². The molecule has 0 aliphatic carbocycles. The van der Waals surface area contributed by atoms with Crippen LogP contribution in [0.15, 0.2) is 4.99 Å². The Hall–Kier alpha value is -0.730. The summed E-state index contributed by atoms with van der Waals surface area (Å²) in [7, 11) is 0. The van der Waals surface area contributed by atoms with Crippen molar-refractivity contribution in [2.24, 2.45) is 16.6 Å². The first-order valence-electron chi connectivity index (χ1n) is 3.75. The number of hydrogen-bond acceptors (Lipinski definition) is 3. The van der Waals surface area contributed by atoms with E-state index in [1.54, 1.807) is 0 Å². The van der Waals surface area contributed by atoms with Crippen LogP contribution in [0.4, 0.5) is 0 Å². The molecule has 0 aromatic carbocycles. The molecule has 0 spiro atoms. The Morgan fingerprint density at radius 3 is 2.80 bits per heavy atom. The molecule has 2 N–H and O–H groups in total. The molecular formula is C7H15N3. The van der Waals surface area contributed by atoms with Gasteiger partial charge in [-0.1, -0.05) is 13.8 Å². The van der Waals surface area contributed by atoms with Gasteiger partial charge in [0.1, 0.15) is 0 Å². The zero-order chi connectivity index (χ0) is 7.56. The summed E-state index contributed by atoms with van der Waals surface area (Å²) in [4.78, 5) is 6.22. The second-order valence-corrected chi connectivity index (χ2v) is 3.08. The molecule has 0 radical (unpaired) electrons. The van der Waals surface area contributed by atoms with Crippen LogP contribution in [-0.2, 0) is 0 Å². The highest BCUT2D eigenvalue weighted by Crippen LogP contribution is 2.02. The lowest BCUT2D eigenvalue weighted by atomic mass is 10.2. The molecule has 1 rings (SSSR count). The number of hydrogen-bond donors (Lipinski definition) is 1. The second kappa shape index (κ2) is 2.90. The predicted octanol–water partition coefficient (Wildman–Crippen LogP) is 0.273. The van der Waals surface area contributed by atoms with Gasteiger partial charge in [0.05, 0.1) is 6.54 Å². The largest absolute Gasteiger partial charge is 0.370 e. The number of guanidine groups is 1. The molecule has 1 aliphatic heterocycles. The Morgan fingerprint density at radius 1 is 1.70 bits per heavy atom. The molecule has 0 unspecified atom stereocenters. The first-order valence-corrected chi connectivity index (χ1v) is 3.75. The molecule has 3 nitrogen and oxygen atoms in total. The zero-order valence-electron chi connectivity index (χ0n) is 6.67. The molecule has 58 valence electrons. The molecule has 0 fully saturated rings. The molecule has 0 aromatic heterocycles. The van der Waals surface area contributed by atoms with Crippen molar-refractivity contribution in [3.8, 4) is 0 Å². The van der Waals surface area contributed by atoms with Crippen LogP contribution in [0.25, 0.3) is 0 Å². The van der Waals surface area contributed by atoms with Crippen LogP contribution in [0, 0.1) is 5.92 Å². The average molecular weight is 141 g/mol. The van der Waals surface area contributed by atoms with Crippen molar-refractivity contribution in [1.29, 1.82) is 0 Å². The lowest BCUT2D eigenvalue weighted by Crippen LogP contribution is -2.36. The number of nitrogens with two attached hydrogens (primary N) is 1. The monoisotopic (exact) mass is 141 g/mol. The topological polar surface area (TPSA) is 41.6 Å². The van der Waals surface area contributed by atoms with Gasteiger partial charge in [-0.3, -0.25) is 4.99 Å². The first-order chi connectivity index (χ1) is 4.70. The second-order valence-electron chi connectivity index (χ2n) is 3.08. The highest BCUT2D eigenvalue weighted by molar-refractivity contribution is 5.79. The van der Waals surface area contributed by atoms with Gasteiger partial charge in [0.25, 0.3) is 0 Å². The summed E-state index contributed by atoms with van der Waals surface area (Å²) >= 11 is 0. The van der Waals surface area contributed by atoms with Crippen molar-refractivity contribution in [1.82, 2.24) is 4.90 Å². The fourth-order valence-electron chi connectivity index (χ4n) is 1.13. The predicted molar refractivity (Wildman–Crippen MR) is 42.9 cm³/mol. The van der Waals surface area contributed by atoms with E-state index >= 15 is 0 Å². The summed E-state index contributed by atoms with van der Waals surface area (Å²) in [5, 5.41) is 0. The van der Waals surface area contributed by atoms with Crippen molar-refractivity contribution in [2.75, 3.05) is 19.6 Å². The first kappa shape index (κ1) is 7.38. The van der Waals surface area contributed by atoms with Crippen molar-refractivity contribution in [3.63, 3.8) is 0 Å². The summed E-state index contributed by atoms with van der Waals surface area (Å²) < 4.78 is 0. The van der Waals surface area contributed by atoms with Gasteiger partial charge in [-0.2, -0.15) is 0 Å². The van der Waals surface area contributed by atoms with Crippen LogP contribution in [0.1, 0.15) is 13.8 Å². The van der Waals surface area contributed by atoms with Gasteiger partial charge in [-0.05, 0) is 5.92 Å². The smallest absolute Gasteiger partial charge is 0.191 e. The van der Waals surface area contributed by atoms with Crippen LogP contribution in [0.2, 0.25) is 0 Å². The Labute approximate surface area is 61.9 Å². The lowest BCUT2D eigenvalue weighted by Gasteiger charge is -2.19. The van der Waals surface area contributed by atoms with E-state index in [9.17, 15) is 0 Å². The number of rotatable bonds is 2. The molecule has 0 amide bonds. The fraction of sp³-hybridized carbons (Fsp3) is 0.857. The maximum atomic E-state index is 5.60. The van der Waals surface area contributed by atoms with Crippen molar-refractivity contribution in [3.05, 3.63) is 0 Å². The van der Waals surface area contributed by atoms with E-state index in [0.29, 0.717) is 11.9 Å². The molecule has 3 heteroatoms. The molecule has 0 bridgehead atoms. The average Bonchev–Trinajstić information content (AvgIpc) is 2.15. The highest BCUT2D eigenvalue weighted by atomic mass is 15.3. The minimum Gasteiger partial charge on any atom is -0.370 e. The van der Waals surface area contributed by atoms with E-state index in [2.05, 4.69) is 23.7 Å². The lowest BCUT2D eigenvalue weighted by molar-refractivity contribution is 0.390. The van der Waals surface area contributed by atoms with Crippen LogP contribution in [0.3, 0.4) is 0 Å². The molecule has 0 atom stereocenters. The van der Waals surface area contributed by atoms with Crippen LogP contribution >= 0.6 is 0 Å². The summed E-state index contributed by atoms with van der Waals surface area (Å²) in [6.45, 7) is 7.29. The van der Waals surface area contributed by atoms with Gasteiger partial charge in [0, 0.05) is 13.1 Å². The summed E-state index contributed by atoms with van der Waals surface area (Å²) in [5.41, 5.74) is 5.60. The summed E-state index contributed by atoms with van der Waals surface area (Å²) in [6.07, 6.45) is 0. The van der Waals surface area contributed by atoms with E-state index in [4.69, 9.17) is 5.73 Å². The van der Waals surface area contributed by atoms with Crippen LogP contribution in [0.5, 0.6) is 0 Å². The highest BCUT2D eigenvalue weighted by Gasteiger charge is 2.13. The van der Waals surface area contributed by atoms with E-state index in [1.165, 1.54) is 0 Å². The van der Waals surface area contributed by atoms with Gasteiger partial charge in [-0.15, -0.1) is 0 Å². The number of aliphatic imine (C=N–C) groups is 1. The van der Waals surface area contributed by atoms with E-state index in [-0.39, 0.29) is 0 Å². The van der Waals surface area contributed by atoms with E-state index < -0.39 is 0 Å². The normalized spacial score (nSPS) is 18.3. The summed E-state index contributed by atoms with van der Waals surface area (Å²) in [6, 6.07) is 0. The zero-order valence-corrected chi connectivity index (χ0v) is 6.67. The minimum atomic E-state index is 0.673. The minimum absolute atomic E-state index is 0.673. The molecule has 0 saturated carbocycles. The molecule has 0 aromatic rings. The molecule has 1 aliphatic rings. The van der Waals surface area contributed by atoms with E-state index in [1.807, 2.05) is 0 Å². The maximum absolute atomic E-state index is 5.60. The standard InChI is InChI=1S/C7H15N3/c1-6(2)5-10-4-3-9-7(10)8/h6H,3-5H2,1-2H3,(H2,8,9). The Kier molecular flexibility index (Phi) is 2.14. The molecule has 0 saturated heterocycles. The van der Waals surface area contributed by atoms with Crippen LogP contribution < -0.4 is 5.73 Å². The molecular weight excluding hydrogens is 126 g/mol. The Bertz CT molecular complexity index is 140. The van der Waals surface area contributed by atoms with Crippen molar-refractivity contribution < 1.29 is 0 Å². The molecule has 10 heavy (non-hydrogen) atoms. The quantitative estimate of drug-likeness (QED) is 0.600. The SMILES string of the molecule is CC(C)CN1CCN=C1N. The third-order valence-electron chi connectivity index (χ3n) is 1.55. The van der Waals surface area contributed by atoms with E-state index in [0.717, 1.165) is 19.6 Å². The van der Waals surface area contributed by atoms with Crippen molar-refractivity contribution in [2.45, 2.75) is 13.8 Å². The van der Waals surface area contributed by atoms with Gasteiger partial charge in [0.15, 0.2) is 5.96 Å². The number of nitrogens with zero attached hydrogens (tertiary/aromatic N) is 2.